The van der Waals surface area contributed by atoms with Gasteiger partial charge in [0.1, 0.15) is 6.61 Å². The Bertz CT molecular complexity index is 316. The van der Waals surface area contributed by atoms with Crippen LogP contribution in [0.2, 0.25) is 0 Å². The Morgan fingerprint density at radius 1 is 1.41 bits per heavy atom. The maximum absolute atomic E-state index is 11.5. The molecule has 0 unspecified atom stereocenters. The van der Waals surface area contributed by atoms with Crippen LogP contribution in [0.15, 0.2) is 24.5 Å². The highest BCUT2D eigenvalue weighted by Gasteiger charge is 2.07. The molecule has 0 radical (unpaired) electrons. The van der Waals surface area contributed by atoms with Crippen molar-refractivity contribution in [1.29, 1.82) is 0 Å². The molecule has 0 bridgehead atoms. The van der Waals surface area contributed by atoms with Gasteiger partial charge in [-0.1, -0.05) is 13.8 Å². The zero-order valence-electron chi connectivity index (χ0n) is 10.3. The molecule has 0 saturated heterocycles. The maximum atomic E-state index is 11.5. The Hall–Kier alpha value is -1.13. The van der Waals surface area contributed by atoms with E-state index in [1.54, 1.807) is 18.3 Å². The summed E-state index contributed by atoms with van der Waals surface area (Å²) >= 11 is 0. The van der Waals surface area contributed by atoms with Crippen LogP contribution in [-0.4, -0.2) is 42.1 Å². The average Bonchev–Trinajstić information content (AvgIpc) is 2.35. The number of hydrogen-bond donors (Lipinski definition) is 0. The number of aromatic nitrogens is 1. The van der Waals surface area contributed by atoms with E-state index >= 15 is 0 Å². The summed E-state index contributed by atoms with van der Waals surface area (Å²) in [6.45, 7) is 7.33. The first-order valence-electron chi connectivity index (χ1n) is 5.57. The monoisotopic (exact) mass is 258 g/mol. The first kappa shape index (κ1) is 15.9. The van der Waals surface area contributed by atoms with Gasteiger partial charge in [-0.25, -0.2) is 4.79 Å². The fourth-order valence-electron chi connectivity index (χ4n) is 1.37. The van der Waals surface area contributed by atoms with Crippen LogP contribution in [0.1, 0.15) is 24.2 Å². The van der Waals surface area contributed by atoms with Gasteiger partial charge in [0, 0.05) is 18.9 Å². The summed E-state index contributed by atoms with van der Waals surface area (Å²) in [5, 5.41) is 0. The summed E-state index contributed by atoms with van der Waals surface area (Å²) in [7, 11) is 0. The maximum Gasteiger partial charge on any atom is 0.339 e. The van der Waals surface area contributed by atoms with E-state index in [4.69, 9.17) is 4.74 Å². The van der Waals surface area contributed by atoms with Crippen LogP contribution >= 0.6 is 12.4 Å². The molecule has 0 aliphatic heterocycles. The number of ether oxygens (including phenoxy) is 1. The van der Waals surface area contributed by atoms with Crippen LogP contribution in [0, 0.1) is 0 Å². The minimum absolute atomic E-state index is 0. The Balaban J connectivity index is 0.00000256. The number of rotatable bonds is 6. The van der Waals surface area contributed by atoms with Crippen LogP contribution < -0.4 is 0 Å². The molecular weight excluding hydrogens is 240 g/mol. The van der Waals surface area contributed by atoms with Crippen molar-refractivity contribution in [2.45, 2.75) is 13.8 Å². The van der Waals surface area contributed by atoms with Gasteiger partial charge >= 0.3 is 5.97 Å². The third-order valence-corrected chi connectivity index (χ3v) is 2.43. The van der Waals surface area contributed by atoms with Crippen molar-refractivity contribution in [3.8, 4) is 0 Å². The zero-order valence-corrected chi connectivity index (χ0v) is 11.1. The second-order valence-electron chi connectivity index (χ2n) is 3.40. The van der Waals surface area contributed by atoms with Gasteiger partial charge in [-0.3, -0.25) is 4.98 Å². The first-order valence-corrected chi connectivity index (χ1v) is 5.57. The standard InChI is InChI=1S/C12H18N2O2.ClH/c1-3-14(4-2)8-9-16-12(15)11-6-5-7-13-10-11;/h5-7,10H,3-4,8-9H2,1-2H3;1H. The Morgan fingerprint density at radius 2 is 2.12 bits per heavy atom. The molecule has 1 aromatic rings. The molecule has 4 nitrogen and oxygen atoms in total. The number of carbonyl (C=O) groups excluding carboxylic acids is 1. The fourth-order valence-corrected chi connectivity index (χ4v) is 1.37. The minimum atomic E-state index is -0.305. The van der Waals surface area contributed by atoms with Crippen LogP contribution in [-0.2, 0) is 4.74 Å². The molecule has 17 heavy (non-hydrogen) atoms. The summed E-state index contributed by atoms with van der Waals surface area (Å²) < 4.78 is 5.14. The molecule has 1 aromatic heterocycles. The average molecular weight is 259 g/mol. The lowest BCUT2D eigenvalue weighted by Gasteiger charge is -2.17. The Labute approximate surface area is 108 Å². The van der Waals surface area contributed by atoms with Crippen molar-refractivity contribution in [2.24, 2.45) is 0 Å². The number of hydrogen-bond acceptors (Lipinski definition) is 4. The quantitative estimate of drug-likeness (QED) is 0.732. The van der Waals surface area contributed by atoms with Gasteiger partial charge in [0.15, 0.2) is 0 Å². The molecule has 0 saturated carbocycles. The van der Waals surface area contributed by atoms with Crippen molar-refractivity contribution >= 4 is 18.4 Å². The Morgan fingerprint density at radius 3 is 2.65 bits per heavy atom. The van der Waals surface area contributed by atoms with Crippen molar-refractivity contribution < 1.29 is 9.53 Å². The second kappa shape index (κ2) is 8.96. The van der Waals surface area contributed by atoms with Crippen molar-refractivity contribution in [1.82, 2.24) is 9.88 Å². The van der Waals surface area contributed by atoms with Crippen LogP contribution in [0.5, 0.6) is 0 Å². The van der Waals surface area contributed by atoms with E-state index in [0.717, 1.165) is 19.6 Å². The third kappa shape index (κ3) is 5.65. The summed E-state index contributed by atoms with van der Waals surface area (Å²) in [6, 6.07) is 3.42. The number of pyridine rings is 1. The van der Waals surface area contributed by atoms with Gasteiger partial charge in [-0.2, -0.15) is 0 Å². The molecule has 0 atom stereocenters. The zero-order chi connectivity index (χ0) is 11.8. The fraction of sp³-hybridized carbons (Fsp3) is 0.500. The molecule has 0 fully saturated rings. The van der Waals surface area contributed by atoms with E-state index in [-0.39, 0.29) is 18.4 Å². The number of halogens is 1. The van der Waals surface area contributed by atoms with Crippen molar-refractivity contribution in [3.05, 3.63) is 30.1 Å². The topological polar surface area (TPSA) is 42.4 Å². The first-order chi connectivity index (χ1) is 7.77. The highest BCUT2D eigenvalue weighted by molar-refractivity contribution is 5.88. The van der Waals surface area contributed by atoms with Gasteiger partial charge in [-0.15, -0.1) is 12.4 Å². The normalized spacial score (nSPS) is 9.82. The molecule has 0 amide bonds. The minimum Gasteiger partial charge on any atom is -0.461 e. The van der Waals surface area contributed by atoms with E-state index in [9.17, 15) is 4.79 Å². The molecule has 1 rings (SSSR count). The lowest BCUT2D eigenvalue weighted by atomic mass is 10.3. The summed E-state index contributed by atoms with van der Waals surface area (Å²) in [4.78, 5) is 17.6. The van der Waals surface area contributed by atoms with E-state index in [2.05, 4.69) is 23.7 Å². The van der Waals surface area contributed by atoms with Crippen molar-refractivity contribution in [2.75, 3.05) is 26.2 Å². The number of likely N-dealkylation sites (N-methyl/N-ethyl adjacent to an activating group) is 1. The number of nitrogens with zero attached hydrogens (tertiary/aromatic N) is 2. The summed E-state index contributed by atoms with van der Waals surface area (Å²) in [6.07, 6.45) is 3.15. The van der Waals surface area contributed by atoms with Gasteiger partial charge in [0.2, 0.25) is 0 Å². The SMILES string of the molecule is CCN(CC)CCOC(=O)c1cccnc1.Cl. The molecule has 0 N–H and O–H groups in total. The molecule has 0 aromatic carbocycles. The molecule has 0 aliphatic carbocycles. The van der Waals surface area contributed by atoms with Gasteiger partial charge in [-0.05, 0) is 25.2 Å². The van der Waals surface area contributed by atoms with Crippen LogP contribution in [0.4, 0.5) is 0 Å². The van der Waals surface area contributed by atoms with Crippen molar-refractivity contribution in [3.63, 3.8) is 0 Å². The Kier molecular flexibility index (Phi) is 8.36. The van der Waals surface area contributed by atoms with E-state index < -0.39 is 0 Å². The largest absolute Gasteiger partial charge is 0.461 e. The highest BCUT2D eigenvalue weighted by Crippen LogP contribution is 1.98. The second-order valence-corrected chi connectivity index (χ2v) is 3.40. The van der Waals surface area contributed by atoms with Crippen LogP contribution in [0.25, 0.3) is 0 Å². The van der Waals surface area contributed by atoms with Crippen LogP contribution in [0.3, 0.4) is 0 Å². The predicted octanol–water partition coefficient (Wildman–Crippen LogP) is 2.00. The van der Waals surface area contributed by atoms with Gasteiger partial charge < -0.3 is 9.64 Å². The number of esters is 1. The summed E-state index contributed by atoms with van der Waals surface area (Å²) in [5.74, 6) is -0.305. The lowest BCUT2D eigenvalue weighted by molar-refractivity contribution is 0.0466. The van der Waals surface area contributed by atoms with E-state index in [1.807, 2.05) is 0 Å². The smallest absolute Gasteiger partial charge is 0.339 e. The van der Waals surface area contributed by atoms with E-state index in [0.29, 0.717) is 12.2 Å². The van der Waals surface area contributed by atoms with E-state index in [1.165, 1.54) is 6.20 Å². The molecule has 5 heteroatoms. The molecule has 1 heterocycles. The summed E-state index contributed by atoms with van der Waals surface area (Å²) in [5.41, 5.74) is 0.502. The van der Waals surface area contributed by atoms with Gasteiger partial charge in [0.25, 0.3) is 0 Å². The van der Waals surface area contributed by atoms with Gasteiger partial charge in [0.05, 0.1) is 5.56 Å². The lowest BCUT2D eigenvalue weighted by Crippen LogP contribution is -2.27. The highest BCUT2D eigenvalue weighted by atomic mass is 35.5. The molecule has 0 aliphatic rings. The third-order valence-electron chi connectivity index (χ3n) is 2.43. The number of carbonyl (C=O) groups is 1. The molecule has 0 spiro atoms. The molecular formula is C12H19ClN2O2. The predicted molar refractivity (Wildman–Crippen MR) is 69.6 cm³/mol. The molecule has 96 valence electrons.